The van der Waals surface area contributed by atoms with E-state index >= 15 is 0 Å². The number of nitrogens with zero attached hydrogens (tertiary/aromatic N) is 1. The summed E-state index contributed by atoms with van der Waals surface area (Å²) >= 11 is 0. The highest BCUT2D eigenvalue weighted by Gasteiger charge is 2.35. The van der Waals surface area contributed by atoms with E-state index in [1.165, 1.54) is 24.3 Å². The molecule has 2 aromatic carbocycles. The molecule has 0 saturated carbocycles. The molecule has 0 bridgehead atoms. The quantitative estimate of drug-likeness (QED) is 0.243. The molecule has 0 fully saturated rings. The maximum absolute atomic E-state index is 13.1. The number of hydrogen-bond donors (Lipinski definition) is 1. The van der Waals surface area contributed by atoms with Crippen LogP contribution in [0.4, 0.5) is 10.1 Å². The number of rotatable bonds is 8. The maximum Gasteiger partial charge on any atom is 0.387 e. The second kappa shape index (κ2) is 10.2. The zero-order chi connectivity index (χ0) is 25.0. The van der Waals surface area contributed by atoms with Gasteiger partial charge in [0.05, 0.1) is 7.11 Å². The smallest absolute Gasteiger partial charge is 0.387 e. The first kappa shape index (κ1) is 26.1. The summed E-state index contributed by atoms with van der Waals surface area (Å²) in [6, 6.07) is 7.67. The summed E-state index contributed by atoms with van der Waals surface area (Å²) < 4.78 is 24.3. The van der Waals surface area contributed by atoms with Gasteiger partial charge in [0.1, 0.15) is 17.3 Å². The van der Waals surface area contributed by atoms with Gasteiger partial charge in [-0.15, -0.1) is 0 Å². The Morgan fingerprint density at radius 2 is 1.58 bits per heavy atom. The van der Waals surface area contributed by atoms with Crippen molar-refractivity contribution in [3.05, 3.63) is 63.5 Å². The predicted molar refractivity (Wildman–Crippen MR) is 126 cm³/mol. The van der Waals surface area contributed by atoms with Gasteiger partial charge in [-0.3, -0.25) is 10.1 Å². The fourth-order valence-electron chi connectivity index (χ4n) is 3.34. The molecular formula is C25H33FN2O5. The van der Waals surface area contributed by atoms with E-state index in [9.17, 15) is 19.3 Å². The lowest BCUT2D eigenvalue weighted by molar-refractivity contribution is -0.510. The van der Waals surface area contributed by atoms with Crippen molar-refractivity contribution >= 4 is 11.7 Å². The van der Waals surface area contributed by atoms with Crippen LogP contribution in [-0.2, 0) is 15.6 Å². The van der Waals surface area contributed by atoms with Gasteiger partial charge >= 0.3 is 12.0 Å². The number of nitro groups is 1. The van der Waals surface area contributed by atoms with Crippen molar-refractivity contribution in [1.29, 1.82) is 0 Å². The highest BCUT2D eigenvalue weighted by Crippen LogP contribution is 2.42. The molecular weight excluding hydrogens is 427 g/mol. The molecule has 2 aromatic rings. The van der Waals surface area contributed by atoms with Gasteiger partial charge < -0.3 is 14.8 Å². The van der Waals surface area contributed by atoms with Crippen LogP contribution in [0.2, 0.25) is 0 Å². The van der Waals surface area contributed by atoms with E-state index in [0.717, 1.165) is 11.1 Å². The maximum atomic E-state index is 13.1. The molecule has 1 N–H and O–H groups in total. The molecule has 0 aliphatic rings. The number of ether oxygens (including phenoxy) is 2. The van der Waals surface area contributed by atoms with Crippen molar-refractivity contribution in [2.75, 3.05) is 19.0 Å². The van der Waals surface area contributed by atoms with Crippen LogP contribution in [-0.4, -0.2) is 30.6 Å². The van der Waals surface area contributed by atoms with Gasteiger partial charge in [0, 0.05) is 34.7 Å². The van der Waals surface area contributed by atoms with Crippen LogP contribution in [0.5, 0.6) is 11.5 Å². The molecule has 0 aliphatic carbocycles. The van der Waals surface area contributed by atoms with Crippen molar-refractivity contribution < 1.29 is 23.6 Å². The van der Waals surface area contributed by atoms with E-state index in [-0.39, 0.29) is 18.8 Å². The summed E-state index contributed by atoms with van der Waals surface area (Å²) in [7, 11) is 1.57. The van der Waals surface area contributed by atoms with Gasteiger partial charge in [-0.2, -0.15) is 0 Å². The molecule has 1 unspecified atom stereocenters. The second-order valence-corrected chi connectivity index (χ2v) is 10.00. The Morgan fingerprint density at radius 3 is 2.00 bits per heavy atom. The summed E-state index contributed by atoms with van der Waals surface area (Å²) in [5.74, 6) is -0.351. The molecule has 33 heavy (non-hydrogen) atoms. The van der Waals surface area contributed by atoms with Crippen molar-refractivity contribution in [2.24, 2.45) is 0 Å². The van der Waals surface area contributed by atoms with Gasteiger partial charge in [-0.05, 0) is 47.2 Å². The minimum Gasteiger partial charge on any atom is -0.497 e. The van der Waals surface area contributed by atoms with Crippen molar-refractivity contribution in [2.45, 2.75) is 64.8 Å². The van der Waals surface area contributed by atoms with Crippen LogP contribution in [0.25, 0.3) is 0 Å². The van der Waals surface area contributed by atoms with Gasteiger partial charge in [-0.25, -0.2) is 9.18 Å². The minimum atomic E-state index is -1.55. The van der Waals surface area contributed by atoms with Crippen LogP contribution in [0.1, 0.15) is 59.1 Å². The monoisotopic (exact) mass is 460 g/mol. The van der Waals surface area contributed by atoms with Crippen molar-refractivity contribution in [1.82, 2.24) is 0 Å². The fraction of sp³-hybridized carbons (Fsp3) is 0.480. The van der Waals surface area contributed by atoms with E-state index in [1.807, 2.05) is 41.5 Å². The molecule has 1 atom stereocenters. The first-order valence-corrected chi connectivity index (χ1v) is 10.8. The Balaban J connectivity index is 2.32. The van der Waals surface area contributed by atoms with Crippen molar-refractivity contribution in [3.8, 4) is 11.5 Å². The summed E-state index contributed by atoms with van der Waals surface area (Å²) in [5, 5.41) is 14.7. The first-order chi connectivity index (χ1) is 15.2. The lowest BCUT2D eigenvalue weighted by Gasteiger charge is -2.30. The van der Waals surface area contributed by atoms with E-state index < -0.39 is 27.8 Å². The average Bonchev–Trinajstić information content (AvgIpc) is 2.70. The lowest BCUT2D eigenvalue weighted by Crippen LogP contribution is -2.36. The normalized spacial score (nSPS) is 12.7. The molecule has 180 valence electrons. The number of hydrogen-bond acceptors (Lipinski definition) is 6. The van der Waals surface area contributed by atoms with Crippen LogP contribution in [0, 0.1) is 15.9 Å². The van der Waals surface area contributed by atoms with E-state index in [4.69, 9.17) is 9.47 Å². The standard InChI is InChI=1S/C25H33FN2O5/c1-24(2,3)19-14-18(32-7)15-20(25(4,5)6)22(19)33-23(29)21(28(30)31)12-13-27-17-10-8-16(26)9-11-17/h8-11,14-15,21,27H,12-13H2,1-7H3. The third-order valence-electron chi connectivity index (χ3n) is 5.23. The molecule has 0 aromatic heterocycles. The number of carbonyl (C=O) groups excluding carboxylic acids is 1. The summed E-state index contributed by atoms with van der Waals surface area (Å²) in [5.41, 5.74) is 1.25. The van der Waals surface area contributed by atoms with Crippen molar-refractivity contribution in [3.63, 3.8) is 0 Å². The molecule has 0 saturated heterocycles. The van der Waals surface area contributed by atoms with Gasteiger partial charge in [0.15, 0.2) is 0 Å². The van der Waals surface area contributed by atoms with E-state index in [1.54, 1.807) is 19.2 Å². The minimum absolute atomic E-state index is 0.0882. The van der Waals surface area contributed by atoms with Crippen LogP contribution in [0.3, 0.4) is 0 Å². The molecule has 0 amide bonds. The number of halogens is 1. The number of benzene rings is 2. The van der Waals surface area contributed by atoms with Gasteiger partial charge in [-0.1, -0.05) is 41.5 Å². The van der Waals surface area contributed by atoms with Crippen LogP contribution < -0.4 is 14.8 Å². The predicted octanol–water partition coefficient (Wildman–Crippen LogP) is 5.48. The lowest BCUT2D eigenvalue weighted by atomic mass is 9.79. The number of methoxy groups -OCH3 is 1. The fourth-order valence-corrected chi connectivity index (χ4v) is 3.34. The van der Waals surface area contributed by atoms with E-state index in [0.29, 0.717) is 17.2 Å². The van der Waals surface area contributed by atoms with Gasteiger partial charge in [0.25, 0.3) is 0 Å². The summed E-state index contributed by atoms with van der Waals surface area (Å²) in [6.45, 7) is 12.0. The summed E-state index contributed by atoms with van der Waals surface area (Å²) in [6.07, 6.45) is -0.0882. The molecule has 0 radical (unpaired) electrons. The topological polar surface area (TPSA) is 90.7 Å². The summed E-state index contributed by atoms with van der Waals surface area (Å²) in [4.78, 5) is 24.0. The Bertz CT molecular complexity index is 956. The number of carbonyl (C=O) groups is 1. The third kappa shape index (κ3) is 6.91. The van der Waals surface area contributed by atoms with E-state index in [2.05, 4.69) is 5.32 Å². The zero-order valence-corrected chi connectivity index (χ0v) is 20.3. The average molecular weight is 461 g/mol. The third-order valence-corrected chi connectivity index (χ3v) is 5.23. The molecule has 0 heterocycles. The Labute approximate surface area is 194 Å². The highest BCUT2D eigenvalue weighted by molar-refractivity contribution is 5.78. The molecule has 0 aliphatic heterocycles. The Morgan fingerprint density at radius 1 is 1.06 bits per heavy atom. The highest BCUT2D eigenvalue weighted by atomic mass is 19.1. The van der Waals surface area contributed by atoms with Gasteiger partial charge in [0.2, 0.25) is 0 Å². The Kier molecular flexibility index (Phi) is 8.06. The molecule has 2 rings (SSSR count). The van der Waals surface area contributed by atoms with Crippen LogP contribution >= 0.6 is 0 Å². The van der Waals surface area contributed by atoms with Crippen LogP contribution in [0.15, 0.2) is 36.4 Å². The Hall–Kier alpha value is -3.16. The number of esters is 1. The molecule has 7 nitrogen and oxygen atoms in total. The SMILES string of the molecule is COc1cc(C(C)(C)C)c(OC(=O)C(CCNc2ccc(F)cc2)[N+](=O)[O-])c(C(C)(C)C)c1. The molecule has 0 spiro atoms. The first-order valence-electron chi connectivity index (χ1n) is 10.8. The number of anilines is 1. The zero-order valence-electron chi connectivity index (χ0n) is 20.3. The largest absolute Gasteiger partial charge is 0.497 e. The number of nitrogens with one attached hydrogen (secondary N) is 1. The second-order valence-electron chi connectivity index (χ2n) is 10.00. The molecule has 8 heteroatoms.